The standard InChI is InChI=1S/C33H45N7O7/c1-5-7-8-9-11-33(3,43)24-16-20-21(47-24)17-22-25(27(20)44-4)19(15-23(46-22)30(42)45-6-2)10-13-39-14-12-35-32(39)40-18-36-26-28(40)37-31(34)38-29(26)41/h10,12,14-15,17,24,26,28,31,36-37,43H,5-9,11,13,16,18,34H2,1-4H3,(H,38,41)/b19-10+/t24-,26-,28-,31-,33-/m0/s1. The lowest BCUT2D eigenvalue weighted by Crippen LogP contribution is -2.70. The van der Waals surface area contributed by atoms with Gasteiger partial charge in [0.25, 0.3) is 0 Å². The molecule has 0 aliphatic carbocycles. The molecule has 1 aromatic carbocycles. The van der Waals surface area contributed by atoms with Gasteiger partial charge < -0.3 is 38.8 Å². The summed E-state index contributed by atoms with van der Waals surface area (Å²) in [4.78, 5) is 32.0. The third-order valence-electron chi connectivity index (χ3n) is 9.19. The van der Waals surface area contributed by atoms with Gasteiger partial charge in [-0.05, 0) is 31.9 Å². The van der Waals surface area contributed by atoms with Crippen molar-refractivity contribution in [3.05, 3.63) is 47.5 Å². The van der Waals surface area contributed by atoms with Crippen LogP contribution in [0.25, 0.3) is 5.57 Å². The Morgan fingerprint density at radius 1 is 1.28 bits per heavy atom. The number of ether oxygens (including phenoxy) is 4. The molecule has 6 rings (SSSR count). The number of allylic oxidation sites excluding steroid dienone is 3. The molecule has 0 bridgehead atoms. The molecule has 0 radical (unpaired) electrons. The van der Waals surface area contributed by atoms with E-state index >= 15 is 0 Å². The van der Waals surface area contributed by atoms with Gasteiger partial charge in [0.1, 0.15) is 41.8 Å². The van der Waals surface area contributed by atoms with E-state index in [0.29, 0.717) is 60.4 Å². The number of methoxy groups -OCH3 is 1. The Hall–Kier alpha value is -4.11. The summed E-state index contributed by atoms with van der Waals surface area (Å²) in [6.07, 6.45) is 10.9. The van der Waals surface area contributed by atoms with Crippen molar-refractivity contribution in [3.63, 3.8) is 0 Å². The number of anilines is 1. The van der Waals surface area contributed by atoms with Crippen LogP contribution in [-0.4, -0.2) is 77.1 Å². The minimum absolute atomic E-state index is 0.0360. The van der Waals surface area contributed by atoms with Gasteiger partial charge in [-0.25, -0.2) is 9.78 Å². The molecule has 0 saturated carbocycles. The van der Waals surface area contributed by atoms with Crippen LogP contribution in [-0.2, 0) is 27.3 Å². The van der Waals surface area contributed by atoms with Gasteiger partial charge in [-0.1, -0.05) is 38.7 Å². The number of nitrogens with one attached hydrogen (secondary N) is 3. The third kappa shape index (κ3) is 6.42. The van der Waals surface area contributed by atoms with Gasteiger partial charge >= 0.3 is 5.97 Å². The Kier molecular flexibility index (Phi) is 9.46. The Balaban J connectivity index is 1.31. The predicted molar refractivity (Wildman–Crippen MR) is 173 cm³/mol. The van der Waals surface area contributed by atoms with Gasteiger partial charge in [-0.3, -0.25) is 21.2 Å². The highest BCUT2D eigenvalue weighted by Gasteiger charge is 2.45. The van der Waals surface area contributed by atoms with Crippen LogP contribution in [0.15, 0.2) is 36.4 Å². The van der Waals surface area contributed by atoms with Crippen molar-refractivity contribution in [3.8, 4) is 17.2 Å². The van der Waals surface area contributed by atoms with Crippen molar-refractivity contribution in [2.45, 2.75) is 96.0 Å². The van der Waals surface area contributed by atoms with E-state index in [-0.39, 0.29) is 24.4 Å². The lowest BCUT2D eigenvalue weighted by molar-refractivity contribution is -0.141. The molecule has 0 spiro atoms. The molecule has 254 valence electrons. The molecular weight excluding hydrogens is 606 g/mol. The van der Waals surface area contributed by atoms with E-state index < -0.39 is 30.0 Å². The quantitative estimate of drug-likeness (QED) is 0.167. The molecule has 1 aromatic heterocycles. The fourth-order valence-electron chi connectivity index (χ4n) is 6.73. The van der Waals surface area contributed by atoms with Crippen LogP contribution in [0.3, 0.4) is 0 Å². The molecule has 5 atom stereocenters. The second-order valence-electron chi connectivity index (χ2n) is 12.5. The lowest BCUT2D eigenvalue weighted by Gasteiger charge is -2.35. The van der Waals surface area contributed by atoms with Crippen molar-refractivity contribution in [2.24, 2.45) is 5.73 Å². The highest BCUT2D eigenvalue weighted by atomic mass is 16.6. The molecule has 0 unspecified atom stereocenters. The maximum absolute atomic E-state index is 12.9. The second-order valence-corrected chi connectivity index (χ2v) is 12.5. The first kappa shape index (κ1) is 32.8. The zero-order chi connectivity index (χ0) is 33.3. The molecule has 2 fully saturated rings. The van der Waals surface area contributed by atoms with Crippen LogP contribution in [0.4, 0.5) is 5.95 Å². The Labute approximate surface area is 274 Å². The van der Waals surface area contributed by atoms with Gasteiger partial charge in [0, 0.05) is 37.0 Å². The van der Waals surface area contributed by atoms with Crippen LogP contribution in [0, 0.1) is 0 Å². The molecule has 1 amide bonds. The summed E-state index contributed by atoms with van der Waals surface area (Å²) >= 11 is 0. The molecule has 5 heterocycles. The summed E-state index contributed by atoms with van der Waals surface area (Å²) in [5, 5.41) is 20.5. The first-order valence-electron chi connectivity index (χ1n) is 16.4. The number of aromatic nitrogens is 2. The predicted octanol–water partition coefficient (Wildman–Crippen LogP) is 1.86. The molecule has 14 nitrogen and oxygen atoms in total. The first-order valence-corrected chi connectivity index (χ1v) is 16.4. The van der Waals surface area contributed by atoms with E-state index in [4.69, 9.17) is 24.7 Å². The Morgan fingerprint density at radius 3 is 2.87 bits per heavy atom. The topological polar surface area (TPSA) is 174 Å². The molecule has 2 saturated heterocycles. The highest BCUT2D eigenvalue weighted by Crippen LogP contribution is 2.50. The zero-order valence-corrected chi connectivity index (χ0v) is 27.4. The minimum Gasteiger partial charge on any atom is -0.496 e. The number of imidazole rings is 1. The van der Waals surface area contributed by atoms with Gasteiger partial charge in [0.15, 0.2) is 0 Å². The van der Waals surface area contributed by atoms with Gasteiger partial charge in [0.05, 0.1) is 31.5 Å². The maximum atomic E-state index is 12.9. The Morgan fingerprint density at radius 2 is 2.11 bits per heavy atom. The molecule has 47 heavy (non-hydrogen) atoms. The number of aliphatic hydroxyl groups is 1. The number of unbranched alkanes of at least 4 members (excludes halogenated alkanes) is 3. The number of nitrogens with two attached hydrogens (primary N) is 1. The van der Waals surface area contributed by atoms with Crippen LogP contribution >= 0.6 is 0 Å². The second kappa shape index (κ2) is 13.6. The molecular formula is C33H45N7O7. The minimum atomic E-state index is -1.04. The summed E-state index contributed by atoms with van der Waals surface area (Å²) in [7, 11) is 1.59. The lowest BCUT2D eigenvalue weighted by atomic mass is 9.88. The summed E-state index contributed by atoms with van der Waals surface area (Å²) < 4.78 is 25.7. The molecule has 6 N–H and O–H groups in total. The van der Waals surface area contributed by atoms with Gasteiger partial charge in [0.2, 0.25) is 17.6 Å². The number of benzene rings is 1. The van der Waals surface area contributed by atoms with E-state index in [1.54, 1.807) is 32.4 Å². The maximum Gasteiger partial charge on any atom is 0.374 e. The average Bonchev–Trinajstić information content (AvgIpc) is 3.79. The summed E-state index contributed by atoms with van der Waals surface area (Å²) in [5.41, 5.74) is 7.17. The molecule has 14 heteroatoms. The normalized spacial score (nSPS) is 25.1. The summed E-state index contributed by atoms with van der Waals surface area (Å²) in [6, 6.07) is 1.28. The fraction of sp³-hybridized carbons (Fsp3) is 0.545. The SMILES string of the molecule is CCCCCC[C@](C)(O)[C@@H]1Cc2c(cc3c(c2OC)/C(=C/Cn2ccnc2N2CN[C@@H]4C(=O)N[C@@H](N)N[C@H]42)C=C(C(=O)OCC)O3)O1. The van der Waals surface area contributed by atoms with Crippen LogP contribution < -0.4 is 40.8 Å². The first-order chi connectivity index (χ1) is 22.6. The van der Waals surface area contributed by atoms with E-state index in [0.717, 1.165) is 31.2 Å². The van der Waals surface area contributed by atoms with E-state index in [1.165, 1.54) is 0 Å². The average molecular weight is 652 g/mol. The van der Waals surface area contributed by atoms with Crippen molar-refractivity contribution < 1.29 is 33.6 Å². The number of rotatable bonds is 12. The smallest absolute Gasteiger partial charge is 0.374 e. The number of carbonyl (C=O) groups excluding carboxylic acids is 2. The van der Waals surface area contributed by atoms with Gasteiger partial charge in [-0.15, -0.1) is 0 Å². The van der Waals surface area contributed by atoms with Crippen molar-refractivity contribution >= 4 is 23.4 Å². The molecule has 4 aliphatic heterocycles. The van der Waals surface area contributed by atoms with E-state index in [2.05, 4.69) is 27.9 Å². The third-order valence-corrected chi connectivity index (χ3v) is 9.19. The number of amides is 1. The summed E-state index contributed by atoms with van der Waals surface area (Å²) in [5.74, 6) is 1.42. The number of fused-ring (bicyclic) bond motifs is 3. The molecule has 2 aromatic rings. The number of hydrogen-bond acceptors (Lipinski definition) is 12. The van der Waals surface area contributed by atoms with E-state index in [9.17, 15) is 14.7 Å². The number of carbonyl (C=O) groups is 2. The largest absolute Gasteiger partial charge is 0.496 e. The number of esters is 1. The van der Waals surface area contributed by atoms with Crippen molar-refractivity contribution in [1.82, 2.24) is 25.5 Å². The number of nitrogens with zero attached hydrogens (tertiary/aromatic N) is 3. The monoisotopic (exact) mass is 651 g/mol. The number of hydrogen-bond donors (Lipinski definition) is 5. The fourth-order valence-corrected chi connectivity index (χ4v) is 6.73. The van der Waals surface area contributed by atoms with Crippen LogP contribution in [0.5, 0.6) is 17.2 Å². The van der Waals surface area contributed by atoms with E-state index in [1.807, 2.05) is 28.7 Å². The van der Waals surface area contributed by atoms with Crippen LogP contribution in [0.1, 0.15) is 64.0 Å². The van der Waals surface area contributed by atoms with Crippen molar-refractivity contribution in [2.75, 3.05) is 25.3 Å². The van der Waals surface area contributed by atoms with Crippen molar-refractivity contribution in [1.29, 1.82) is 0 Å². The Bertz CT molecular complexity index is 1570. The highest BCUT2D eigenvalue weighted by molar-refractivity contribution is 5.96. The van der Waals surface area contributed by atoms with Gasteiger partial charge in [-0.2, -0.15) is 0 Å². The summed E-state index contributed by atoms with van der Waals surface area (Å²) in [6.45, 7) is 6.68. The molecule has 4 aliphatic rings. The van der Waals surface area contributed by atoms with Crippen LogP contribution in [0.2, 0.25) is 0 Å². The zero-order valence-electron chi connectivity index (χ0n) is 27.4.